The summed E-state index contributed by atoms with van der Waals surface area (Å²) in [5.74, 6) is 1.80. The van der Waals surface area contributed by atoms with Gasteiger partial charge in [0, 0.05) is 6.04 Å². The summed E-state index contributed by atoms with van der Waals surface area (Å²) in [7, 11) is 0. The van der Waals surface area contributed by atoms with Crippen molar-refractivity contribution in [3.63, 3.8) is 0 Å². The van der Waals surface area contributed by atoms with Gasteiger partial charge in [0.2, 0.25) is 0 Å². The number of hydrogen-bond acceptors (Lipinski definition) is 2. The zero-order valence-electron chi connectivity index (χ0n) is 10.8. The fourth-order valence-corrected chi connectivity index (χ4v) is 3.06. The van der Waals surface area contributed by atoms with Crippen LogP contribution in [0.3, 0.4) is 0 Å². The van der Waals surface area contributed by atoms with Gasteiger partial charge in [-0.1, -0.05) is 20.8 Å². The molecular formula is C14H23NO. The Morgan fingerprint density at radius 1 is 1.44 bits per heavy atom. The summed E-state index contributed by atoms with van der Waals surface area (Å²) in [5.41, 5.74) is 0.486. The van der Waals surface area contributed by atoms with Gasteiger partial charge in [0.05, 0.1) is 12.3 Å². The van der Waals surface area contributed by atoms with E-state index in [0.717, 1.165) is 11.7 Å². The smallest absolute Gasteiger partial charge is 0.120 e. The summed E-state index contributed by atoms with van der Waals surface area (Å²) in [6, 6.07) is 4.93. The average Bonchev–Trinajstić information content (AvgIpc) is 2.74. The van der Waals surface area contributed by atoms with Gasteiger partial charge in [0.15, 0.2) is 0 Å². The number of furan rings is 1. The minimum absolute atomic E-state index is 0.316. The molecule has 1 saturated carbocycles. The van der Waals surface area contributed by atoms with Crippen LogP contribution in [0.1, 0.15) is 52.3 Å². The van der Waals surface area contributed by atoms with Crippen molar-refractivity contribution in [3.8, 4) is 0 Å². The standard InChI is InChI=1S/C14H23NO/c1-10-8-14(3,4)9-12(10)15-11(2)13-6-5-7-16-13/h5-7,10-12,15H,8-9H2,1-4H3/t10?,11-,12?/m0/s1. The van der Waals surface area contributed by atoms with Gasteiger partial charge >= 0.3 is 0 Å². The van der Waals surface area contributed by atoms with Gasteiger partial charge in [-0.2, -0.15) is 0 Å². The van der Waals surface area contributed by atoms with Crippen LogP contribution in [0.15, 0.2) is 22.8 Å². The van der Waals surface area contributed by atoms with Gasteiger partial charge in [-0.15, -0.1) is 0 Å². The van der Waals surface area contributed by atoms with Crippen LogP contribution in [0.5, 0.6) is 0 Å². The molecule has 1 aromatic heterocycles. The Morgan fingerprint density at radius 3 is 2.69 bits per heavy atom. The molecule has 2 unspecified atom stereocenters. The molecule has 90 valence electrons. The molecule has 0 radical (unpaired) electrons. The molecule has 0 bridgehead atoms. The van der Waals surface area contributed by atoms with Gasteiger partial charge in [0.1, 0.15) is 5.76 Å². The summed E-state index contributed by atoms with van der Waals surface area (Å²) in [4.78, 5) is 0. The molecule has 0 saturated heterocycles. The third-order valence-electron chi connectivity index (χ3n) is 3.77. The fourth-order valence-electron chi connectivity index (χ4n) is 3.06. The first-order chi connectivity index (χ1) is 7.48. The second-order valence-electron chi connectivity index (χ2n) is 6.06. The van der Waals surface area contributed by atoms with E-state index in [9.17, 15) is 0 Å². The van der Waals surface area contributed by atoms with Crippen LogP contribution in [-0.2, 0) is 0 Å². The molecule has 1 N–H and O–H groups in total. The highest BCUT2D eigenvalue weighted by atomic mass is 16.3. The first-order valence-electron chi connectivity index (χ1n) is 6.27. The number of rotatable bonds is 3. The Balaban J connectivity index is 1.95. The molecule has 3 atom stereocenters. The van der Waals surface area contributed by atoms with Crippen molar-refractivity contribution in [2.75, 3.05) is 0 Å². The monoisotopic (exact) mass is 221 g/mol. The minimum Gasteiger partial charge on any atom is -0.468 e. The van der Waals surface area contributed by atoms with E-state index in [-0.39, 0.29) is 0 Å². The van der Waals surface area contributed by atoms with E-state index in [2.05, 4.69) is 33.0 Å². The van der Waals surface area contributed by atoms with Crippen molar-refractivity contribution in [1.82, 2.24) is 5.32 Å². The molecule has 0 amide bonds. The zero-order valence-corrected chi connectivity index (χ0v) is 10.8. The van der Waals surface area contributed by atoms with Gasteiger partial charge < -0.3 is 9.73 Å². The summed E-state index contributed by atoms with van der Waals surface area (Å²) in [6.07, 6.45) is 4.32. The summed E-state index contributed by atoms with van der Waals surface area (Å²) < 4.78 is 5.43. The van der Waals surface area contributed by atoms with Crippen molar-refractivity contribution in [1.29, 1.82) is 0 Å². The van der Waals surface area contributed by atoms with Crippen molar-refractivity contribution in [3.05, 3.63) is 24.2 Å². The Kier molecular flexibility index (Phi) is 3.11. The van der Waals surface area contributed by atoms with Gasteiger partial charge in [0.25, 0.3) is 0 Å². The Morgan fingerprint density at radius 2 is 2.19 bits per heavy atom. The quantitative estimate of drug-likeness (QED) is 0.840. The second kappa shape index (κ2) is 4.25. The van der Waals surface area contributed by atoms with Crippen LogP contribution in [0.4, 0.5) is 0 Å². The first-order valence-corrected chi connectivity index (χ1v) is 6.27. The Hall–Kier alpha value is -0.760. The maximum atomic E-state index is 5.43. The first kappa shape index (κ1) is 11.7. The molecule has 1 aliphatic rings. The molecule has 1 aliphatic carbocycles. The van der Waals surface area contributed by atoms with Gasteiger partial charge in [-0.05, 0) is 43.2 Å². The summed E-state index contributed by atoms with van der Waals surface area (Å²) >= 11 is 0. The van der Waals surface area contributed by atoms with Crippen LogP contribution in [0.2, 0.25) is 0 Å². The van der Waals surface area contributed by atoms with E-state index >= 15 is 0 Å². The lowest BCUT2D eigenvalue weighted by Crippen LogP contribution is -2.33. The molecule has 1 aromatic rings. The van der Waals surface area contributed by atoms with E-state index in [1.54, 1.807) is 6.26 Å². The van der Waals surface area contributed by atoms with Crippen molar-refractivity contribution in [2.45, 2.75) is 52.6 Å². The highest BCUT2D eigenvalue weighted by Gasteiger charge is 2.37. The lowest BCUT2D eigenvalue weighted by atomic mass is 9.91. The van der Waals surface area contributed by atoms with Crippen LogP contribution in [-0.4, -0.2) is 6.04 Å². The Bertz CT molecular complexity index is 329. The molecular weight excluding hydrogens is 198 g/mol. The van der Waals surface area contributed by atoms with Crippen LogP contribution >= 0.6 is 0 Å². The highest BCUT2D eigenvalue weighted by Crippen LogP contribution is 2.41. The van der Waals surface area contributed by atoms with Crippen molar-refractivity contribution >= 4 is 0 Å². The molecule has 0 spiro atoms. The predicted octanol–water partition coefficient (Wildman–Crippen LogP) is 3.75. The van der Waals surface area contributed by atoms with Crippen LogP contribution in [0, 0.1) is 11.3 Å². The molecule has 0 aromatic carbocycles. The second-order valence-corrected chi connectivity index (χ2v) is 6.06. The SMILES string of the molecule is CC1CC(C)(C)CC1N[C@@H](C)c1ccco1. The van der Waals surface area contributed by atoms with E-state index < -0.39 is 0 Å². The van der Waals surface area contributed by atoms with Gasteiger partial charge in [-0.3, -0.25) is 0 Å². The van der Waals surface area contributed by atoms with E-state index in [1.807, 2.05) is 12.1 Å². The Labute approximate surface area is 98.4 Å². The average molecular weight is 221 g/mol. The fraction of sp³-hybridized carbons (Fsp3) is 0.714. The predicted molar refractivity (Wildman–Crippen MR) is 66.2 cm³/mol. The van der Waals surface area contributed by atoms with E-state index in [1.165, 1.54) is 12.8 Å². The summed E-state index contributed by atoms with van der Waals surface area (Å²) in [5, 5.41) is 3.69. The molecule has 16 heavy (non-hydrogen) atoms. The summed E-state index contributed by atoms with van der Waals surface area (Å²) in [6.45, 7) is 9.25. The zero-order chi connectivity index (χ0) is 11.8. The van der Waals surface area contributed by atoms with Crippen LogP contribution in [0.25, 0.3) is 0 Å². The third-order valence-corrected chi connectivity index (χ3v) is 3.77. The number of hydrogen-bond donors (Lipinski definition) is 1. The molecule has 2 nitrogen and oxygen atoms in total. The maximum absolute atomic E-state index is 5.43. The largest absolute Gasteiger partial charge is 0.468 e. The molecule has 1 heterocycles. The molecule has 1 fully saturated rings. The van der Waals surface area contributed by atoms with Crippen molar-refractivity contribution < 1.29 is 4.42 Å². The van der Waals surface area contributed by atoms with E-state index in [0.29, 0.717) is 17.5 Å². The maximum Gasteiger partial charge on any atom is 0.120 e. The molecule has 2 heteroatoms. The highest BCUT2D eigenvalue weighted by molar-refractivity contribution is 5.04. The minimum atomic E-state index is 0.316. The van der Waals surface area contributed by atoms with Crippen LogP contribution < -0.4 is 5.32 Å². The topological polar surface area (TPSA) is 25.2 Å². The number of nitrogens with one attached hydrogen (secondary N) is 1. The molecule has 2 rings (SSSR count). The van der Waals surface area contributed by atoms with Crippen molar-refractivity contribution in [2.24, 2.45) is 11.3 Å². The van der Waals surface area contributed by atoms with E-state index in [4.69, 9.17) is 4.42 Å². The molecule has 0 aliphatic heterocycles. The third kappa shape index (κ3) is 2.49. The normalized spacial score (nSPS) is 30.5. The lowest BCUT2D eigenvalue weighted by Gasteiger charge is -2.22. The van der Waals surface area contributed by atoms with Gasteiger partial charge in [-0.25, -0.2) is 0 Å². The lowest BCUT2D eigenvalue weighted by molar-refractivity contribution is 0.338.